The Morgan fingerprint density at radius 2 is 2.00 bits per heavy atom. The molecule has 1 saturated heterocycles. The van der Waals surface area contributed by atoms with Gasteiger partial charge in [-0.15, -0.1) is 0 Å². The van der Waals surface area contributed by atoms with Crippen LogP contribution in [0.4, 0.5) is 5.82 Å². The van der Waals surface area contributed by atoms with Crippen molar-refractivity contribution in [3.8, 4) is 0 Å². The number of anilines is 1. The summed E-state index contributed by atoms with van der Waals surface area (Å²) in [6, 6.07) is 10.2. The number of hydrogen-bond donors (Lipinski definition) is 1. The molecule has 0 spiro atoms. The Labute approximate surface area is 154 Å². The molecule has 1 aliphatic heterocycles. The molecule has 2 aromatic rings. The van der Waals surface area contributed by atoms with Crippen molar-refractivity contribution in [3.05, 3.63) is 53.5 Å². The second-order valence-electron chi connectivity index (χ2n) is 7.57. The summed E-state index contributed by atoms with van der Waals surface area (Å²) in [4.78, 5) is 23.4. The average Bonchev–Trinajstić information content (AvgIpc) is 3.16. The van der Waals surface area contributed by atoms with Crippen LogP contribution in [0.15, 0.2) is 36.7 Å². The fourth-order valence-corrected chi connectivity index (χ4v) is 4.44. The molecule has 0 unspecified atom stereocenters. The highest BCUT2D eigenvalue weighted by Gasteiger charge is 2.43. The summed E-state index contributed by atoms with van der Waals surface area (Å²) in [7, 11) is 0. The maximum absolute atomic E-state index is 12.2. The first-order chi connectivity index (χ1) is 12.7. The minimum Gasteiger partial charge on any atom is -0.481 e. The van der Waals surface area contributed by atoms with Gasteiger partial charge in [0.25, 0.3) is 0 Å². The number of rotatable bonds is 5. The van der Waals surface area contributed by atoms with Gasteiger partial charge >= 0.3 is 5.97 Å². The molecule has 2 aliphatic rings. The highest BCUT2D eigenvalue weighted by atomic mass is 16.4. The number of fused-ring (bicyclic) bond motifs is 1. The predicted molar refractivity (Wildman–Crippen MR) is 100 cm³/mol. The lowest BCUT2D eigenvalue weighted by Gasteiger charge is -2.41. The molecule has 1 fully saturated rings. The number of aryl methyl sites for hydroxylation is 2. The van der Waals surface area contributed by atoms with Gasteiger partial charge in [0.05, 0.1) is 5.41 Å². The molecule has 1 aromatic carbocycles. The van der Waals surface area contributed by atoms with Crippen LogP contribution < -0.4 is 4.90 Å². The van der Waals surface area contributed by atoms with Crippen molar-refractivity contribution < 1.29 is 9.90 Å². The van der Waals surface area contributed by atoms with Crippen molar-refractivity contribution >= 4 is 11.8 Å². The van der Waals surface area contributed by atoms with Crippen molar-refractivity contribution in [1.29, 1.82) is 0 Å². The molecule has 26 heavy (non-hydrogen) atoms. The van der Waals surface area contributed by atoms with Crippen LogP contribution in [0.25, 0.3) is 0 Å². The maximum atomic E-state index is 12.2. The number of carbonyl (C=O) groups is 1. The lowest BCUT2D eigenvalue weighted by atomic mass is 9.75. The number of aromatic nitrogens is 2. The summed E-state index contributed by atoms with van der Waals surface area (Å²) in [6.45, 7) is 1.42. The molecule has 1 atom stereocenters. The standard InChI is InChI=1S/C21H25N3O2/c25-20(26)21(12-10-16-6-2-1-3-7-16)11-5-13-24(14-21)19-17-8-4-9-18(17)22-15-23-19/h1-3,6-7,15H,4-5,8-14H2,(H,25,26)/t21-/m0/s1. The van der Waals surface area contributed by atoms with E-state index < -0.39 is 11.4 Å². The van der Waals surface area contributed by atoms with Crippen LogP contribution in [0, 0.1) is 5.41 Å². The minimum atomic E-state index is -0.704. The average molecular weight is 351 g/mol. The topological polar surface area (TPSA) is 66.3 Å². The number of aliphatic carboxylic acids is 1. The summed E-state index contributed by atoms with van der Waals surface area (Å²) < 4.78 is 0. The molecule has 136 valence electrons. The van der Waals surface area contributed by atoms with Crippen LogP contribution in [0.1, 0.15) is 42.5 Å². The van der Waals surface area contributed by atoms with Crippen molar-refractivity contribution in [3.63, 3.8) is 0 Å². The van der Waals surface area contributed by atoms with E-state index in [2.05, 4.69) is 27.0 Å². The highest BCUT2D eigenvalue weighted by molar-refractivity contribution is 5.76. The first-order valence-corrected chi connectivity index (χ1v) is 9.53. The monoisotopic (exact) mass is 351 g/mol. The molecule has 0 bridgehead atoms. The summed E-state index contributed by atoms with van der Waals surface area (Å²) >= 11 is 0. The van der Waals surface area contributed by atoms with Gasteiger partial charge in [-0.05, 0) is 50.5 Å². The van der Waals surface area contributed by atoms with Crippen LogP contribution in [-0.4, -0.2) is 34.1 Å². The fourth-order valence-electron chi connectivity index (χ4n) is 4.44. The van der Waals surface area contributed by atoms with Crippen molar-refractivity contribution in [2.75, 3.05) is 18.0 Å². The molecule has 5 heteroatoms. The number of carboxylic acid groups (broad SMARTS) is 1. The largest absolute Gasteiger partial charge is 0.481 e. The van der Waals surface area contributed by atoms with Crippen LogP contribution in [0.5, 0.6) is 0 Å². The molecule has 0 amide bonds. The third-order valence-corrected chi connectivity index (χ3v) is 5.92. The van der Waals surface area contributed by atoms with Gasteiger partial charge in [-0.25, -0.2) is 9.97 Å². The number of hydrogen-bond acceptors (Lipinski definition) is 4. The van der Waals surface area contributed by atoms with Crippen LogP contribution in [-0.2, 0) is 24.1 Å². The van der Waals surface area contributed by atoms with Gasteiger partial charge in [0.1, 0.15) is 12.1 Å². The quantitative estimate of drug-likeness (QED) is 0.895. The second-order valence-corrected chi connectivity index (χ2v) is 7.57. The van der Waals surface area contributed by atoms with E-state index in [1.165, 1.54) is 11.1 Å². The number of piperidine rings is 1. The smallest absolute Gasteiger partial charge is 0.311 e. The van der Waals surface area contributed by atoms with Crippen LogP contribution in [0.3, 0.4) is 0 Å². The number of carboxylic acids is 1. The summed E-state index contributed by atoms with van der Waals surface area (Å²) in [6.07, 6.45) is 7.86. The summed E-state index contributed by atoms with van der Waals surface area (Å²) in [5, 5.41) is 10.1. The SMILES string of the molecule is O=C(O)[C@]1(CCc2ccccc2)CCCN(c2ncnc3c2CCC3)C1. The molecule has 0 radical (unpaired) electrons. The van der Waals surface area contributed by atoms with Gasteiger partial charge in [-0.1, -0.05) is 30.3 Å². The first-order valence-electron chi connectivity index (χ1n) is 9.53. The molecule has 1 aliphatic carbocycles. The Morgan fingerprint density at radius 1 is 1.15 bits per heavy atom. The number of benzene rings is 1. The Bertz CT molecular complexity index is 793. The molecule has 2 heterocycles. The Hall–Kier alpha value is -2.43. The molecular formula is C21H25N3O2. The zero-order valence-corrected chi connectivity index (χ0v) is 15.0. The van der Waals surface area contributed by atoms with E-state index in [9.17, 15) is 9.90 Å². The van der Waals surface area contributed by atoms with E-state index in [0.29, 0.717) is 13.0 Å². The van der Waals surface area contributed by atoms with E-state index in [0.717, 1.165) is 56.6 Å². The Morgan fingerprint density at radius 3 is 2.81 bits per heavy atom. The van der Waals surface area contributed by atoms with Crippen LogP contribution >= 0.6 is 0 Å². The van der Waals surface area contributed by atoms with Crippen LogP contribution in [0.2, 0.25) is 0 Å². The van der Waals surface area contributed by atoms with Crippen molar-refractivity contribution in [2.24, 2.45) is 5.41 Å². The van der Waals surface area contributed by atoms with Crippen molar-refractivity contribution in [2.45, 2.75) is 44.9 Å². The molecule has 5 nitrogen and oxygen atoms in total. The van der Waals surface area contributed by atoms with E-state index in [-0.39, 0.29) is 0 Å². The van der Waals surface area contributed by atoms with Gasteiger partial charge in [0.2, 0.25) is 0 Å². The second kappa shape index (κ2) is 7.06. The van der Waals surface area contributed by atoms with Gasteiger partial charge in [0.15, 0.2) is 0 Å². The molecule has 1 aromatic heterocycles. The molecule has 4 rings (SSSR count). The van der Waals surface area contributed by atoms with E-state index in [1.54, 1.807) is 6.33 Å². The molecular weight excluding hydrogens is 326 g/mol. The Balaban J connectivity index is 1.56. The highest BCUT2D eigenvalue weighted by Crippen LogP contribution is 2.38. The third kappa shape index (κ3) is 3.18. The summed E-state index contributed by atoms with van der Waals surface area (Å²) in [5.74, 6) is 0.293. The fraction of sp³-hybridized carbons (Fsp3) is 0.476. The van der Waals surface area contributed by atoms with Gasteiger partial charge < -0.3 is 10.0 Å². The maximum Gasteiger partial charge on any atom is 0.311 e. The van der Waals surface area contributed by atoms with Crippen molar-refractivity contribution in [1.82, 2.24) is 9.97 Å². The first kappa shape index (κ1) is 17.0. The molecule has 1 N–H and O–H groups in total. The van der Waals surface area contributed by atoms with E-state index in [4.69, 9.17) is 0 Å². The normalized spacial score (nSPS) is 22.2. The third-order valence-electron chi connectivity index (χ3n) is 5.92. The lowest BCUT2D eigenvalue weighted by molar-refractivity contribution is -0.150. The minimum absolute atomic E-state index is 0.540. The van der Waals surface area contributed by atoms with Gasteiger partial charge in [-0.2, -0.15) is 0 Å². The number of nitrogens with zero attached hydrogens (tertiary/aromatic N) is 3. The van der Waals surface area contributed by atoms with Gasteiger partial charge in [-0.3, -0.25) is 4.79 Å². The zero-order valence-electron chi connectivity index (χ0n) is 15.0. The van der Waals surface area contributed by atoms with E-state index in [1.807, 2.05) is 18.2 Å². The van der Waals surface area contributed by atoms with E-state index >= 15 is 0 Å². The zero-order chi connectivity index (χ0) is 18.0. The predicted octanol–water partition coefficient (Wildman–Crippen LogP) is 3.27. The molecule has 0 saturated carbocycles. The summed E-state index contributed by atoms with van der Waals surface area (Å²) in [5.41, 5.74) is 2.88. The Kier molecular flexibility index (Phi) is 4.62. The van der Waals surface area contributed by atoms with Gasteiger partial charge in [0, 0.05) is 24.3 Å². The lowest BCUT2D eigenvalue weighted by Crippen LogP contribution is -2.48.